The fourth-order valence-electron chi connectivity index (χ4n) is 0.234. The summed E-state index contributed by atoms with van der Waals surface area (Å²) in [5.74, 6) is -0.947. The number of rotatable bonds is 2. The third kappa shape index (κ3) is 5.40. The molecule has 1 radical (unpaired) electrons. The molecule has 0 aliphatic heterocycles. The van der Waals surface area contributed by atoms with Crippen LogP contribution in [0.4, 0.5) is 13.2 Å². The number of hydrogen-bond donors (Lipinski definition) is 0. The van der Waals surface area contributed by atoms with Crippen molar-refractivity contribution in [3.63, 3.8) is 0 Å². The van der Waals surface area contributed by atoms with E-state index in [1.54, 1.807) is 0 Å². The molecule has 0 amide bonds. The fourth-order valence-corrected chi connectivity index (χ4v) is 0.234. The van der Waals surface area contributed by atoms with Crippen LogP contribution in [0.1, 0.15) is 6.42 Å². The Bertz CT molecular complexity index is 119. The van der Waals surface area contributed by atoms with Crippen molar-refractivity contribution in [2.75, 3.05) is 6.61 Å². The minimum absolute atomic E-state index is 0.282. The molecule has 10 heavy (non-hydrogen) atoms. The van der Waals surface area contributed by atoms with Crippen LogP contribution in [0, 0.1) is 6.92 Å². The second-order valence-corrected chi connectivity index (χ2v) is 1.53. The smallest absolute Gasteiger partial charge is 0.422 e. The van der Waals surface area contributed by atoms with Gasteiger partial charge in [0.25, 0.3) is 0 Å². The molecule has 0 rings (SSSR count). The van der Waals surface area contributed by atoms with Crippen LogP contribution in [0.25, 0.3) is 0 Å². The van der Waals surface area contributed by atoms with Crippen LogP contribution in [-0.4, -0.2) is 18.8 Å². The van der Waals surface area contributed by atoms with Gasteiger partial charge < -0.3 is 4.74 Å². The molecule has 0 N–H and O–H groups in total. The summed E-state index contributed by atoms with van der Waals surface area (Å²) in [5.41, 5.74) is 0. The third-order valence-electron chi connectivity index (χ3n) is 0.601. The average Bonchev–Trinajstić information content (AvgIpc) is 1.81. The summed E-state index contributed by atoms with van der Waals surface area (Å²) >= 11 is 0. The van der Waals surface area contributed by atoms with Crippen LogP contribution in [0.3, 0.4) is 0 Å². The molecule has 0 fully saturated rings. The molecule has 0 aromatic rings. The molecule has 0 aliphatic carbocycles. The quantitative estimate of drug-likeness (QED) is 0.562. The van der Waals surface area contributed by atoms with Crippen LogP contribution in [0.15, 0.2) is 0 Å². The number of esters is 1. The molecule has 0 aromatic heterocycles. The Labute approximate surface area is 56.0 Å². The Morgan fingerprint density at radius 2 is 2.00 bits per heavy atom. The lowest BCUT2D eigenvalue weighted by Gasteiger charge is -2.05. The van der Waals surface area contributed by atoms with Crippen LogP contribution in [0.5, 0.6) is 0 Å². The third-order valence-corrected chi connectivity index (χ3v) is 0.601. The number of alkyl halides is 3. The van der Waals surface area contributed by atoms with Gasteiger partial charge >= 0.3 is 12.1 Å². The first-order valence-electron chi connectivity index (χ1n) is 2.47. The zero-order chi connectivity index (χ0) is 8.20. The van der Waals surface area contributed by atoms with E-state index in [0.717, 1.165) is 0 Å². The van der Waals surface area contributed by atoms with Crippen LogP contribution in [-0.2, 0) is 9.53 Å². The molecule has 0 atom stereocenters. The molecular formula is C5H6F3O2. The van der Waals surface area contributed by atoms with Gasteiger partial charge in [-0.2, -0.15) is 13.2 Å². The number of halogens is 3. The van der Waals surface area contributed by atoms with Gasteiger partial charge in [0.15, 0.2) is 6.61 Å². The van der Waals surface area contributed by atoms with Gasteiger partial charge in [-0.05, 0) is 6.92 Å². The second-order valence-electron chi connectivity index (χ2n) is 1.53. The van der Waals surface area contributed by atoms with E-state index >= 15 is 0 Å². The van der Waals surface area contributed by atoms with Gasteiger partial charge in [0.05, 0.1) is 0 Å². The summed E-state index contributed by atoms with van der Waals surface area (Å²) < 4.78 is 37.5. The van der Waals surface area contributed by atoms with Gasteiger partial charge in [0.1, 0.15) is 0 Å². The molecule has 59 valence electrons. The van der Waals surface area contributed by atoms with E-state index in [1.165, 1.54) is 0 Å². The number of hydrogen-bond acceptors (Lipinski definition) is 2. The van der Waals surface area contributed by atoms with Crippen molar-refractivity contribution in [3.05, 3.63) is 6.92 Å². The SMILES string of the molecule is [CH2]CC(=O)OCC(F)(F)F. The first kappa shape index (κ1) is 9.26. The second kappa shape index (κ2) is 3.43. The summed E-state index contributed by atoms with van der Waals surface area (Å²) in [4.78, 5) is 10.1. The van der Waals surface area contributed by atoms with Crippen molar-refractivity contribution < 1.29 is 22.7 Å². The van der Waals surface area contributed by atoms with E-state index in [1.807, 2.05) is 0 Å². The Kier molecular flexibility index (Phi) is 3.18. The monoisotopic (exact) mass is 155 g/mol. The van der Waals surface area contributed by atoms with Gasteiger partial charge in [-0.1, -0.05) is 0 Å². The minimum atomic E-state index is -4.44. The van der Waals surface area contributed by atoms with E-state index in [9.17, 15) is 18.0 Å². The largest absolute Gasteiger partial charge is 0.456 e. The summed E-state index contributed by atoms with van der Waals surface area (Å²) in [6.45, 7) is 1.52. The Morgan fingerprint density at radius 3 is 2.30 bits per heavy atom. The van der Waals surface area contributed by atoms with E-state index in [2.05, 4.69) is 11.7 Å². The topological polar surface area (TPSA) is 26.3 Å². The Hall–Kier alpha value is -0.740. The van der Waals surface area contributed by atoms with Crippen LogP contribution < -0.4 is 0 Å². The standard InChI is InChI=1S/C5H6F3O2/c1-2-4(9)10-3-5(6,7)8/h1-3H2. The summed E-state index contributed by atoms with van der Waals surface area (Å²) in [6, 6.07) is 0. The van der Waals surface area contributed by atoms with Crippen molar-refractivity contribution >= 4 is 5.97 Å². The van der Waals surface area contributed by atoms with Gasteiger partial charge in [-0.3, -0.25) is 4.79 Å². The molecule has 0 spiro atoms. The van der Waals surface area contributed by atoms with Crippen molar-refractivity contribution in [1.29, 1.82) is 0 Å². The highest BCUT2D eigenvalue weighted by atomic mass is 19.4. The zero-order valence-corrected chi connectivity index (χ0v) is 5.07. The van der Waals surface area contributed by atoms with Gasteiger partial charge in [-0.15, -0.1) is 0 Å². The highest BCUT2D eigenvalue weighted by molar-refractivity contribution is 5.69. The van der Waals surface area contributed by atoms with Crippen molar-refractivity contribution in [3.8, 4) is 0 Å². The Morgan fingerprint density at radius 1 is 1.50 bits per heavy atom. The first-order chi connectivity index (χ1) is 4.45. The van der Waals surface area contributed by atoms with E-state index < -0.39 is 18.8 Å². The summed E-state index contributed by atoms with van der Waals surface area (Å²) in [5, 5.41) is 0. The normalized spacial score (nSPS) is 11.2. The molecule has 0 heterocycles. The average molecular weight is 155 g/mol. The maximum absolute atomic E-state index is 11.3. The number of ether oxygens (including phenoxy) is 1. The van der Waals surface area contributed by atoms with Gasteiger partial charge in [0, 0.05) is 6.42 Å². The minimum Gasteiger partial charge on any atom is -0.456 e. The predicted molar refractivity (Wildman–Crippen MR) is 27.0 cm³/mol. The van der Waals surface area contributed by atoms with Crippen molar-refractivity contribution in [2.45, 2.75) is 12.6 Å². The maximum atomic E-state index is 11.3. The van der Waals surface area contributed by atoms with Crippen molar-refractivity contribution in [1.82, 2.24) is 0 Å². The molecule has 0 saturated heterocycles. The molecule has 2 nitrogen and oxygen atoms in total. The van der Waals surface area contributed by atoms with Gasteiger partial charge in [-0.25, -0.2) is 0 Å². The van der Waals surface area contributed by atoms with Crippen LogP contribution >= 0.6 is 0 Å². The molecule has 0 aromatic carbocycles. The van der Waals surface area contributed by atoms with Crippen molar-refractivity contribution in [2.24, 2.45) is 0 Å². The van der Waals surface area contributed by atoms with E-state index in [-0.39, 0.29) is 6.42 Å². The van der Waals surface area contributed by atoms with E-state index in [0.29, 0.717) is 0 Å². The lowest BCUT2D eigenvalue weighted by atomic mass is 10.5. The zero-order valence-electron chi connectivity index (χ0n) is 5.07. The molecule has 0 aliphatic rings. The fraction of sp³-hybridized carbons (Fsp3) is 0.600. The van der Waals surface area contributed by atoms with Gasteiger partial charge in [0.2, 0.25) is 0 Å². The lowest BCUT2D eigenvalue weighted by Crippen LogP contribution is -2.19. The summed E-state index contributed by atoms with van der Waals surface area (Å²) in [6.07, 6.45) is -4.72. The molecular weight excluding hydrogens is 149 g/mol. The molecule has 5 heteroatoms. The Balaban J connectivity index is 3.46. The summed E-state index contributed by atoms with van der Waals surface area (Å²) in [7, 11) is 0. The first-order valence-corrected chi connectivity index (χ1v) is 2.47. The molecule has 0 saturated carbocycles. The lowest BCUT2D eigenvalue weighted by molar-refractivity contribution is -0.185. The number of carbonyl (C=O) groups excluding carboxylic acids is 1. The maximum Gasteiger partial charge on any atom is 0.422 e. The van der Waals surface area contributed by atoms with E-state index in [4.69, 9.17) is 0 Å². The predicted octanol–water partition coefficient (Wildman–Crippen LogP) is 1.32. The molecule has 0 unspecified atom stereocenters. The van der Waals surface area contributed by atoms with Crippen LogP contribution in [0.2, 0.25) is 0 Å². The number of carbonyl (C=O) groups is 1. The highest BCUT2D eigenvalue weighted by Gasteiger charge is 2.29. The molecule has 0 bridgehead atoms. The highest BCUT2D eigenvalue weighted by Crippen LogP contribution is 2.14.